The van der Waals surface area contributed by atoms with Gasteiger partial charge in [0.1, 0.15) is 47.2 Å². The summed E-state index contributed by atoms with van der Waals surface area (Å²) >= 11 is 0. The second-order valence-corrected chi connectivity index (χ2v) is 34.0. The fourth-order valence-corrected chi connectivity index (χ4v) is 16.3. The number of anilines is 11. The number of benzene rings is 10. The SMILES string of the molecule is C=C1Nc2cc(C)c(-c3cc(N)c4cnc(NC(=O)[C@H]5C[C@@H]5C#N)cc4c3)cc2O1.Cc1c(F)cccc1-c1cc(N)c2cnc(NC(=O)[C@H]3C[C@H]3F)cc2c1.Cc1ccccc1-c1cc(N)c2cnc(NC(=O)[C@@H]3C[C@H]3C#N)cc2c1.Cc1ccccc1-c1cc2cc(NC(=O)[C@H]3C[C@@H]3C#N)ncc2c(N)c1F.Nc1cc(-c2ccccc2)cc2cc(NC(=O)[C@H]3C[C@H]3F)ncc12. The first-order valence-electron chi connectivity index (χ1n) is 42.9. The van der Waals surface area contributed by atoms with E-state index in [1.807, 2.05) is 141 Å². The van der Waals surface area contributed by atoms with Crippen molar-refractivity contribution in [2.24, 2.45) is 47.3 Å². The van der Waals surface area contributed by atoms with Crippen LogP contribution in [0.15, 0.2) is 238 Å². The fourth-order valence-electron chi connectivity index (χ4n) is 16.3. The third-order valence-corrected chi connectivity index (χ3v) is 24.4. The summed E-state index contributed by atoms with van der Waals surface area (Å²) in [6, 6.07) is 66.8. The Balaban J connectivity index is 0.000000116. The van der Waals surface area contributed by atoms with Gasteiger partial charge in [-0.2, -0.15) is 15.8 Å². The van der Waals surface area contributed by atoms with E-state index < -0.39 is 30.0 Å². The van der Waals surface area contributed by atoms with Crippen LogP contribution in [0, 0.1) is 121 Å². The highest BCUT2D eigenvalue weighted by Gasteiger charge is 2.47. The number of rotatable bonds is 15. The molecule has 5 fully saturated rings. The van der Waals surface area contributed by atoms with Gasteiger partial charge in [0, 0.05) is 86.2 Å². The number of nitrogens with two attached hydrogens (primary N) is 5. The Kier molecular flexibility index (Phi) is 24.3. The zero-order valence-electron chi connectivity index (χ0n) is 72.3. The summed E-state index contributed by atoms with van der Waals surface area (Å²) < 4.78 is 60.4. The Morgan fingerprint density at radius 2 is 0.737 bits per heavy atom. The number of nitrogens with one attached hydrogen (secondary N) is 6. The van der Waals surface area contributed by atoms with Crippen molar-refractivity contribution in [1.82, 2.24) is 24.9 Å². The van der Waals surface area contributed by atoms with E-state index in [0.717, 1.165) is 116 Å². The molecule has 15 aromatic rings. The maximum absolute atomic E-state index is 14.9. The van der Waals surface area contributed by atoms with Crippen LogP contribution in [0.2, 0.25) is 0 Å². The van der Waals surface area contributed by atoms with Crippen LogP contribution in [0.1, 0.15) is 54.4 Å². The number of nitriles is 3. The molecule has 5 saturated carbocycles. The van der Waals surface area contributed by atoms with Crippen LogP contribution in [-0.4, -0.2) is 66.8 Å². The lowest BCUT2D eigenvalue weighted by Crippen LogP contribution is -2.15. The number of halogens is 4. The van der Waals surface area contributed by atoms with Crippen molar-refractivity contribution < 1.29 is 46.3 Å². The van der Waals surface area contributed by atoms with E-state index in [-0.39, 0.29) is 83.0 Å². The second kappa shape index (κ2) is 36.7. The average molecular weight is 1770 g/mol. The summed E-state index contributed by atoms with van der Waals surface area (Å²) in [4.78, 5) is 81.5. The van der Waals surface area contributed by atoms with Crippen molar-refractivity contribution in [3.05, 3.63) is 271 Å². The Labute approximate surface area is 760 Å². The van der Waals surface area contributed by atoms with Gasteiger partial charge in [0.25, 0.3) is 0 Å². The van der Waals surface area contributed by atoms with E-state index >= 15 is 0 Å². The first kappa shape index (κ1) is 88.2. The normalized spacial score (nSPS) is 18.6. The molecule has 0 saturated heterocycles. The maximum atomic E-state index is 14.9. The fraction of sp³-hybridized carbons (Fsp3) is 0.183. The summed E-state index contributed by atoms with van der Waals surface area (Å²) in [6.07, 6.45) is 8.28. The number of amides is 5. The highest BCUT2D eigenvalue weighted by atomic mass is 19.1. The van der Waals surface area contributed by atoms with Crippen LogP contribution < -0.4 is 65.3 Å². The third kappa shape index (κ3) is 19.3. The molecule has 0 radical (unpaired) electrons. The van der Waals surface area contributed by atoms with Gasteiger partial charge in [0.15, 0.2) is 17.4 Å². The van der Waals surface area contributed by atoms with E-state index in [1.165, 1.54) is 17.8 Å². The molecule has 10 aromatic carbocycles. The van der Waals surface area contributed by atoms with E-state index in [2.05, 4.69) is 107 Å². The number of fused-ring (bicyclic) bond motifs is 6. The molecule has 29 heteroatoms. The van der Waals surface area contributed by atoms with Gasteiger partial charge in [-0.1, -0.05) is 91.0 Å². The molecule has 0 bridgehead atoms. The molecule has 5 aromatic heterocycles. The molecule has 133 heavy (non-hydrogen) atoms. The van der Waals surface area contributed by atoms with Crippen LogP contribution in [0.3, 0.4) is 0 Å². The molecule has 25 nitrogen and oxygen atoms in total. The van der Waals surface area contributed by atoms with Crippen LogP contribution in [0.5, 0.6) is 5.75 Å². The Bertz CT molecular complexity index is 7470. The number of hydrogen-bond donors (Lipinski definition) is 11. The predicted octanol–water partition coefficient (Wildman–Crippen LogP) is 20.1. The summed E-state index contributed by atoms with van der Waals surface area (Å²) in [5, 5.41) is 51.2. The zero-order chi connectivity index (χ0) is 93.5. The van der Waals surface area contributed by atoms with Gasteiger partial charge in [0.05, 0.1) is 76.9 Å². The topological polar surface area (TPSA) is 433 Å². The molecule has 6 aliphatic rings. The molecule has 0 unspecified atom stereocenters. The molecule has 10 atom stereocenters. The number of hydrogen-bond acceptors (Lipinski definition) is 20. The van der Waals surface area contributed by atoms with Gasteiger partial charge in [-0.25, -0.2) is 42.5 Å². The minimum atomic E-state index is -1.06. The number of alkyl halides is 2. The van der Waals surface area contributed by atoms with Crippen molar-refractivity contribution >= 4 is 147 Å². The molecule has 16 N–H and O–H groups in total. The molecule has 662 valence electrons. The molecule has 5 aliphatic carbocycles. The highest BCUT2D eigenvalue weighted by Crippen LogP contribution is 2.46. The van der Waals surface area contributed by atoms with Crippen LogP contribution in [0.25, 0.3) is 109 Å². The lowest BCUT2D eigenvalue weighted by molar-refractivity contribution is -0.118. The minimum absolute atomic E-state index is 0.0304. The molecule has 5 amide bonds. The smallest absolute Gasteiger partial charge is 0.231 e. The van der Waals surface area contributed by atoms with Gasteiger partial charge in [-0.05, 0) is 269 Å². The molecule has 6 heterocycles. The number of aromatic nitrogens is 5. The van der Waals surface area contributed by atoms with Gasteiger partial charge >= 0.3 is 0 Å². The number of nitrogens with zero attached hydrogens (tertiary/aromatic N) is 8. The average Bonchev–Trinajstić information content (AvgIpc) is 1.77. The number of carbonyl (C=O) groups is 5. The van der Waals surface area contributed by atoms with Crippen molar-refractivity contribution in [2.45, 2.75) is 72.1 Å². The second-order valence-electron chi connectivity index (χ2n) is 34.0. The van der Waals surface area contributed by atoms with Gasteiger partial charge in [-0.15, -0.1) is 0 Å². The number of aryl methyl sites for hydroxylation is 3. The first-order chi connectivity index (χ1) is 64.0. The van der Waals surface area contributed by atoms with Crippen LogP contribution in [-0.2, 0) is 24.0 Å². The molecular weight excluding hydrogens is 1690 g/mol. The van der Waals surface area contributed by atoms with Crippen molar-refractivity contribution in [2.75, 3.05) is 60.6 Å². The predicted molar refractivity (Wildman–Crippen MR) is 511 cm³/mol. The Morgan fingerprint density at radius 1 is 0.383 bits per heavy atom. The maximum Gasteiger partial charge on any atom is 0.231 e. The quantitative estimate of drug-likeness (QED) is 0.0335. The number of carbonyl (C=O) groups excluding carboxylic acids is 5. The summed E-state index contributed by atoms with van der Waals surface area (Å²) in [6.45, 7) is 11.5. The first-order valence-corrected chi connectivity index (χ1v) is 42.9. The van der Waals surface area contributed by atoms with Crippen LogP contribution >= 0.6 is 0 Å². The third-order valence-electron chi connectivity index (χ3n) is 24.4. The molecule has 1 aliphatic heterocycles. The number of pyridine rings is 5. The number of nitrogen functional groups attached to an aromatic ring is 5. The van der Waals surface area contributed by atoms with E-state index in [1.54, 1.807) is 74.2 Å². The summed E-state index contributed by atoms with van der Waals surface area (Å²) in [5.41, 5.74) is 46.7. The largest absolute Gasteiger partial charge is 0.439 e. The van der Waals surface area contributed by atoms with Gasteiger partial charge in [-0.3, -0.25) is 24.0 Å². The highest BCUT2D eigenvalue weighted by molar-refractivity contribution is 6.06. The Morgan fingerprint density at radius 3 is 1.14 bits per heavy atom. The van der Waals surface area contributed by atoms with Crippen molar-refractivity contribution in [1.29, 1.82) is 15.8 Å². The summed E-state index contributed by atoms with van der Waals surface area (Å²) in [7, 11) is 0. The van der Waals surface area contributed by atoms with Crippen LogP contribution in [0.4, 0.5) is 80.8 Å². The standard InChI is InChI=1S/C23H19N5O2.C21H17FN4O.C21H18N4O.C20H17F2N3O.C19H16FN3O/c1-11-3-20-21(30-12(2)27-20)8-16(11)13-4-14-7-22(26-10-18(14)19(25)6-13)28-23(29)17-5-15(17)9-24;1-11-4-2-3-5-14(11)16-6-12-8-18(25-10-17(12)20(24)19(16)22)26-21(27)15-7-13(15)9-23;1-12-4-2-3-5-16(12)13-6-14-9-20(24-11-18(14)19(23)8-13)25-21(26)17-7-15(17)10-22;1-10-13(3-2-4-16(10)21)11-5-12-7-19(24-9-15(12)18(23)6-11)25-20(26)14-8-17(14)22;20-16-9-14(16)19(24)23-18-8-13-6-12(11-4-2-1-3-5-11)7-17(21)15(13)10-22-18/h3-4,6-8,10,15,17,27H,2,5,25H2,1H3,(H,26,28,29);2-6,8,10,13,15H,7,24H2,1H3,(H,25,26,27);2-6,8-9,11,15,17H,7,23H2,1H3,(H,24,25,26);2-7,9,14,17H,8,23H2,1H3,(H,24,25,26);1-8,10,14,16H,9,21H2,(H,22,23,24)/t15-,17+;13-,15+;15-,17+;14-,17+;14-,16+/m11000/s1. The van der Waals surface area contributed by atoms with E-state index in [0.29, 0.717) is 105 Å². The molecule has 21 rings (SSSR count). The van der Waals surface area contributed by atoms with Crippen molar-refractivity contribution in [3.63, 3.8) is 0 Å². The van der Waals surface area contributed by atoms with Gasteiger partial charge < -0.3 is 65.3 Å². The zero-order valence-corrected chi connectivity index (χ0v) is 72.3. The number of ether oxygens (including phenoxy) is 1. The van der Waals surface area contributed by atoms with Gasteiger partial charge in [0.2, 0.25) is 29.5 Å². The molecule has 0 spiro atoms. The molecular formula is C104H87F4N19O6. The lowest BCUT2D eigenvalue weighted by atomic mass is 9.96. The minimum Gasteiger partial charge on any atom is -0.439 e. The lowest BCUT2D eigenvalue weighted by Gasteiger charge is -2.13. The Hall–Kier alpha value is -16.9. The van der Waals surface area contributed by atoms with E-state index in [4.69, 9.17) is 49.2 Å². The summed E-state index contributed by atoms with van der Waals surface area (Å²) in [5.74, 6) is -1.18. The van der Waals surface area contributed by atoms with Crippen molar-refractivity contribution in [3.8, 4) is 79.6 Å². The van der Waals surface area contributed by atoms with E-state index in [9.17, 15) is 41.5 Å². The monoisotopic (exact) mass is 1770 g/mol.